The summed E-state index contributed by atoms with van der Waals surface area (Å²) in [6.45, 7) is 2.83. The van der Waals surface area contributed by atoms with E-state index in [-0.39, 0.29) is 5.91 Å². The molecule has 3 aromatic rings. The van der Waals surface area contributed by atoms with Crippen molar-refractivity contribution < 1.29 is 14.3 Å². The topological polar surface area (TPSA) is 80.8 Å². The second kappa shape index (κ2) is 9.67. The zero-order valence-corrected chi connectivity index (χ0v) is 19.6. The molecule has 1 aliphatic rings. The van der Waals surface area contributed by atoms with E-state index in [2.05, 4.69) is 21.7 Å². The maximum Gasteiger partial charge on any atom is 0.253 e. The minimum Gasteiger partial charge on any atom is -0.496 e. The molecule has 0 saturated carbocycles. The van der Waals surface area contributed by atoms with Crippen molar-refractivity contribution in [2.75, 3.05) is 40.8 Å². The van der Waals surface area contributed by atoms with Crippen LogP contribution >= 0.6 is 0 Å². The second-order valence-corrected chi connectivity index (χ2v) is 8.87. The van der Waals surface area contributed by atoms with Crippen LogP contribution in [0.25, 0.3) is 10.9 Å². The van der Waals surface area contributed by atoms with E-state index >= 15 is 0 Å². The lowest BCUT2D eigenvalue weighted by Gasteiger charge is -2.33. The van der Waals surface area contributed by atoms with Crippen molar-refractivity contribution in [2.45, 2.75) is 25.3 Å². The number of amides is 2. The summed E-state index contributed by atoms with van der Waals surface area (Å²) in [5, 5.41) is 1.12. The first-order chi connectivity index (χ1) is 15.9. The molecule has 7 heteroatoms. The highest BCUT2D eigenvalue weighted by atomic mass is 16.5. The van der Waals surface area contributed by atoms with E-state index in [9.17, 15) is 9.59 Å². The standard InChI is InChI=1S/C26H32N4O3/c1-28(2)26(32)22-5-4-6-24(33-3)21(22)12-15-29-13-10-20(11-14-29)30-16-9-18-7-8-19(25(27)31)17-23(18)30/h4-9,16-17,20H,10-15H2,1-3H3,(H2,27,31). The van der Waals surface area contributed by atoms with Crippen molar-refractivity contribution in [3.8, 4) is 5.75 Å². The van der Waals surface area contributed by atoms with Crippen molar-refractivity contribution in [1.82, 2.24) is 14.4 Å². The number of rotatable bonds is 7. The number of carbonyl (C=O) groups excluding carboxylic acids is 2. The van der Waals surface area contributed by atoms with Crippen molar-refractivity contribution >= 4 is 22.7 Å². The molecule has 2 N–H and O–H groups in total. The summed E-state index contributed by atoms with van der Waals surface area (Å²) in [7, 11) is 5.20. The van der Waals surface area contributed by atoms with Crippen LogP contribution in [0, 0.1) is 0 Å². The lowest BCUT2D eigenvalue weighted by molar-refractivity contribution is 0.0825. The largest absolute Gasteiger partial charge is 0.496 e. The molecular weight excluding hydrogens is 416 g/mol. The highest BCUT2D eigenvalue weighted by molar-refractivity contribution is 5.97. The predicted octanol–water partition coefficient (Wildman–Crippen LogP) is 3.33. The summed E-state index contributed by atoms with van der Waals surface area (Å²) in [5.41, 5.74) is 8.76. The number of likely N-dealkylation sites (tertiary alicyclic amines) is 1. The Morgan fingerprint density at radius 3 is 2.55 bits per heavy atom. The van der Waals surface area contributed by atoms with Gasteiger partial charge >= 0.3 is 0 Å². The van der Waals surface area contributed by atoms with Crippen molar-refractivity contribution in [1.29, 1.82) is 0 Å². The summed E-state index contributed by atoms with van der Waals surface area (Å²) in [4.78, 5) is 28.3. The van der Waals surface area contributed by atoms with Gasteiger partial charge < -0.3 is 24.8 Å². The van der Waals surface area contributed by atoms with Crippen molar-refractivity contribution in [3.63, 3.8) is 0 Å². The zero-order chi connectivity index (χ0) is 23.5. The number of hydrogen-bond donors (Lipinski definition) is 1. The van der Waals surface area contributed by atoms with Gasteiger partial charge in [0, 0.05) is 68.2 Å². The van der Waals surface area contributed by atoms with Crippen LogP contribution in [0.4, 0.5) is 0 Å². The average Bonchev–Trinajstić information content (AvgIpc) is 3.25. The van der Waals surface area contributed by atoms with Gasteiger partial charge in [0.15, 0.2) is 0 Å². The molecule has 1 fully saturated rings. The molecule has 1 aromatic heterocycles. The quantitative estimate of drug-likeness (QED) is 0.601. The van der Waals surface area contributed by atoms with Crippen LogP contribution in [0.1, 0.15) is 45.2 Å². The Bertz CT molecular complexity index is 1160. The molecule has 0 bridgehead atoms. The summed E-state index contributed by atoms with van der Waals surface area (Å²) in [5.74, 6) is 0.363. The molecule has 0 unspecified atom stereocenters. The molecule has 1 aliphatic heterocycles. The fourth-order valence-electron chi connectivity index (χ4n) is 4.77. The van der Waals surface area contributed by atoms with Crippen LogP contribution in [-0.2, 0) is 6.42 Å². The van der Waals surface area contributed by atoms with Crippen molar-refractivity contribution in [2.24, 2.45) is 5.73 Å². The lowest BCUT2D eigenvalue weighted by atomic mass is 10.00. The number of primary amides is 1. The van der Waals surface area contributed by atoms with Crippen LogP contribution in [-0.4, -0.2) is 67.0 Å². The molecule has 0 radical (unpaired) electrons. The first-order valence-electron chi connectivity index (χ1n) is 11.4. The molecule has 4 rings (SSSR count). The highest BCUT2D eigenvalue weighted by Crippen LogP contribution is 2.29. The van der Waals surface area contributed by atoms with E-state index in [1.54, 1.807) is 32.2 Å². The van der Waals surface area contributed by atoms with Gasteiger partial charge in [-0.15, -0.1) is 0 Å². The second-order valence-electron chi connectivity index (χ2n) is 8.87. The molecule has 0 aliphatic carbocycles. The number of benzene rings is 2. The Labute approximate surface area is 194 Å². The first-order valence-corrected chi connectivity index (χ1v) is 11.4. The van der Waals surface area contributed by atoms with Crippen LogP contribution in [0.2, 0.25) is 0 Å². The minimum absolute atomic E-state index is 0.00238. The molecule has 2 aromatic carbocycles. The molecule has 0 atom stereocenters. The molecule has 2 heterocycles. The lowest BCUT2D eigenvalue weighted by Crippen LogP contribution is -2.36. The Morgan fingerprint density at radius 2 is 1.88 bits per heavy atom. The zero-order valence-electron chi connectivity index (χ0n) is 19.6. The molecule has 33 heavy (non-hydrogen) atoms. The normalized spacial score (nSPS) is 15.0. The first kappa shape index (κ1) is 22.9. The maximum absolute atomic E-state index is 12.7. The van der Waals surface area contributed by atoms with Gasteiger partial charge in [0.25, 0.3) is 5.91 Å². The minimum atomic E-state index is -0.400. The van der Waals surface area contributed by atoms with Gasteiger partial charge in [-0.1, -0.05) is 12.1 Å². The van der Waals surface area contributed by atoms with E-state index in [4.69, 9.17) is 10.5 Å². The van der Waals surface area contributed by atoms with E-state index in [0.717, 1.165) is 61.1 Å². The summed E-state index contributed by atoms with van der Waals surface area (Å²) in [6.07, 6.45) is 4.93. The Hall–Kier alpha value is -3.32. The van der Waals surface area contributed by atoms with Gasteiger partial charge in [-0.2, -0.15) is 0 Å². The number of aromatic nitrogens is 1. The number of carbonyl (C=O) groups is 2. The van der Waals surface area contributed by atoms with Gasteiger partial charge in [-0.25, -0.2) is 0 Å². The number of hydrogen-bond acceptors (Lipinski definition) is 4. The number of nitrogens with two attached hydrogens (primary N) is 1. The van der Waals surface area contributed by atoms with Crippen LogP contribution in [0.3, 0.4) is 0 Å². The molecular formula is C26H32N4O3. The average molecular weight is 449 g/mol. The molecule has 0 spiro atoms. The van der Waals surface area contributed by atoms with Gasteiger partial charge in [-0.05, 0) is 55.0 Å². The van der Waals surface area contributed by atoms with Gasteiger partial charge in [0.1, 0.15) is 5.75 Å². The SMILES string of the molecule is COc1cccc(C(=O)N(C)C)c1CCN1CCC(n2ccc3ccc(C(N)=O)cc32)CC1. The molecule has 2 amide bonds. The number of fused-ring (bicyclic) bond motifs is 1. The fraction of sp³-hybridized carbons (Fsp3) is 0.385. The van der Waals surface area contributed by atoms with Crippen LogP contribution in [0.15, 0.2) is 48.7 Å². The van der Waals surface area contributed by atoms with Crippen LogP contribution in [0.5, 0.6) is 5.75 Å². The number of piperidine rings is 1. The van der Waals surface area contributed by atoms with E-state index in [0.29, 0.717) is 17.2 Å². The molecule has 7 nitrogen and oxygen atoms in total. The number of methoxy groups -OCH3 is 1. The third kappa shape index (κ3) is 4.73. The summed E-state index contributed by atoms with van der Waals surface area (Å²) in [6, 6.07) is 13.8. The van der Waals surface area contributed by atoms with E-state index in [1.807, 2.05) is 30.3 Å². The van der Waals surface area contributed by atoms with Crippen molar-refractivity contribution in [3.05, 3.63) is 65.4 Å². The number of ether oxygens (including phenoxy) is 1. The smallest absolute Gasteiger partial charge is 0.253 e. The predicted molar refractivity (Wildman–Crippen MR) is 130 cm³/mol. The van der Waals surface area contributed by atoms with Gasteiger partial charge in [-0.3, -0.25) is 9.59 Å². The fourth-order valence-corrected chi connectivity index (χ4v) is 4.77. The Balaban J connectivity index is 1.43. The molecule has 174 valence electrons. The van der Waals surface area contributed by atoms with Gasteiger partial charge in [0.2, 0.25) is 5.91 Å². The number of nitrogens with zero attached hydrogens (tertiary/aromatic N) is 3. The molecule has 1 saturated heterocycles. The third-order valence-electron chi connectivity index (χ3n) is 6.63. The third-order valence-corrected chi connectivity index (χ3v) is 6.63. The Kier molecular flexibility index (Phi) is 6.70. The summed E-state index contributed by atoms with van der Waals surface area (Å²) >= 11 is 0. The van der Waals surface area contributed by atoms with E-state index in [1.165, 1.54) is 0 Å². The Morgan fingerprint density at radius 1 is 1.12 bits per heavy atom. The summed E-state index contributed by atoms with van der Waals surface area (Å²) < 4.78 is 7.85. The van der Waals surface area contributed by atoms with Gasteiger partial charge in [0.05, 0.1) is 7.11 Å². The van der Waals surface area contributed by atoms with Crippen LogP contribution < -0.4 is 10.5 Å². The monoisotopic (exact) mass is 448 g/mol. The highest BCUT2D eigenvalue weighted by Gasteiger charge is 2.23. The van der Waals surface area contributed by atoms with E-state index < -0.39 is 5.91 Å². The maximum atomic E-state index is 12.7.